The van der Waals surface area contributed by atoms with Gasteiger partial charge >= 0.3 is 0 Å². The number of para-hydroxylation sites is 1. The van der Waals surface area contributed by atoms with Gasteiger partial charge < -0.3 is 10.2 Å². The van der Waals surface area contributed by atoms with E-state index >= 15 is 0 Å². The van der Waals surface area contributed by atoms with Gasteiger partial charge in [-0.15, -0.1) is 0 Å². The molecule has 270 valence electrons. The lowest BCUT2D eigenvalue weighted by molar-refractivity contribution is 0.511. The van der Waals surface area contributed by atoms with E-state index in [0.717, 1.165) is 49.8 Å². The Labute approximate surface area is 327 Å². The monoisotopic (exact) mass is 722 g/mol. The van der Waals surface area contributed by atoms with Crippen LogP contribution in [0.4, 0.5) is 0 Å². The molecule has 0 radical (unpaired) electrons. The molecule has 1 aliphatic carbocycles. The Balaban J connectivity index is 1.06. The van der Waals surface area contributed by atoms with Crippen molar-refractivity contribution < 1.29 is 4.42 Å². The Hall–Kier alpha value is -6.52. The molecule has 2 atom stereocenters. The number of benzene rings is 8. The van der Waals surface area contributed by atoms with E-state index in [1.165, 1.54) is 44.2 Å². The van der Waals surface area contributed by atoms with Crippen molar-refractivity contribution in [2.24, 2.45) is 5.73 Å². The molecule has 0 saturated carbocycles. The van der Waals surface area contributed by atoms with Crippen LogP contribution in [-0.4, -0.2) is 0 Å². The smallest absolute Gasteiger partial charge is 0.136 e. The topological polar surface area (TPSA) is 51.2 Å². The molecule has 0 amide bonds. The van der Waals surface area contributed by atoms with E-state index in [2.05, 4.69) is 171 Å². The molecule has 8 aromatic carbocycles. The van der Waals surface area contributed by atoms with E-state index in [0.29, 0.717) is 0 Å². The lowest BCUT2D eigenvalue weighted by Gasteiger charge is -2.23. The van der Waals surface area contributed by atoms with Gasteiger partial charge in [0, 0.05) is 16.2 Å². The number of hydrogen-bond acceptors (Lipinski definition) is 3. The van der Waals surface area contributed by atoms with E-state index in [1.807, 2.05) is 36.4 Å². The third-order valence-corrected chi connectivity index (χ3v) is 11.7. The zero-order valence-electron chi connectivity index (χ0n) is 31.5. The van der Waals surface area contributed by atoms with Crippen LogP contribution in [0.5, 0.6) is 0 Å². The van der Waals surface area contributed by atoms with Crippen LogP contribution in [0.25, 0.3) is 72.2 Å². The maximum absolute atomic E-state index is 6.93. The summed E-state index contributed by atoms with van der Waals surface area (Å²) in [4.78, 5) is 0. The summed E-state index contributed by atoms with van der Waals surface area (Å²) < 4.78 is 6.52. The van der Waals surface area contributed by atoms with Crippen LogP contribution in [0.2, 0.25) is 0 Å². The summed E-state index contributed by atoms with van der Waals surface area (Å²) in [5.74, 6) is 0. The van der Waals surface area contributed by atoms with Gasteiger partial charge in [-0.3, -0.25) is 5.32 Å². The van der Waals surface area contributed by atoms with Crippen LogP contribution >= 0.6 is 0 Å². The second-order valence-corrected chi connectivity index (χ2v) is 15.5. The lowest BCUT2D eigenvalue weighted by atomic mass is 9.81. The van der Waals surface area contributed by atoms with Crippen molar-refractivity contribution in [3.05, 3.63) is 210 Å². The largest absolute Gasteiger partial charge is 0.456 e. The van der Waals surface area contributed by atoms with Gasteiger partial charge in [-0.25, -0.2) is 0 Å². The van der Waals surface area contributed by atoms with Crippen LogP contribution in [0.1, 0.15) is 53.9 Å². The van der Waals surface area contributed by atoms with Crippen molar-refractivity contribution in [1.29, 1.82) is 0 Å². The van der Waals surface area contributed by atoms with E-state index in [1.54, 1.807) is 0 Å². The fourth-order valence-corrected chi connectivity index (χ4v) is 8.82. The van der Waals surface area contributed by atoms with Crippen molar-refractivity contribution in [3.63, 3.8) is 0 Å². The van der Waals surface area contributed by atoms with E-state index in [9.17, 15) is 0 Å². The molecule has 3 nitrogen and oxygen atoms in total. The van der Waals surface area contributed by atoms with Crippen molar-refractivity contribution in [2.75, 3.05) is 0 Å². The van der Waals surface area contributed by atoms with Gasteiger partial charge in [0.15, 0.2) is 0 Å². The van der Waals surface area contributed by atoms with Gasteiger partial charge in [0.1, 0.15) is 11.2 Å². The molecular formula is C53H42N2O. The van der Waals surface area contributed by atoms with E-state index < -0.39 is 6.17 Å². The zero-order valence-corrected chi connectivity index (χ0v) is 31.5. The van der Waals surface area contributed by atoms with Crippen LogP contribution in [0.15, 0.2) is 186 Å². The standard InChI is InChI=1S/C53H42N2O/c1-53(2)45-22-13-21-41(50(45)43-30-38-18-9-10-19-39(38)32-46(43)53)36-27-24-34(25-28-36)26-29-47(55-52(54)37-16-7-4-8-17-37)44-31-40(35-14-5-3-6-15-35)33-49-51(44)42-20-11-12-23-48(42)56-49/h3-33,47,52,55H,54H2,1-2H3/b29-26+. The minimum Gasteiger partial charge on any atom is -0.456 e. The maximum Gasteiger partial charge on any atom is 0.136 e. The minimum absolute atomic E-state index is 0.0838. The summed E-state index contributed by atoms with van der Waals surface area (Å²) in [5, 5.41) is 8.53. The van der Waals surface area contributed by atoms with Crippen LogP contribution < -0.4 is 11.1 Å². The summed E-state index contributed by atoms with van der Waals surface area (Å²) in [6, 6.07) is 62.5. The third-order valence-electron chi connectivity index (χ3n) is 11.7. The molecule has 56 heavy (non-hydrogen) atoms. The first kappa shape index (κ1) is 34.0. The molecule has 9 aromatic rings. The Kier molecular flexibility index (Phi) is 8.29. The highest BCUT2D eigenvalue weighted by Gasteiger charge is 2.37. The average molecular weight is 723 g/mol. The highest BCUT2D eigenvalue weighted by molar-refractivity contribution is 6.08. The number of hydrogen-bond donors (Lipinski definition) is 2. The minimum atomic E-state index is -0.397. The molecular weight excluding hydrogens is 681 g/mol. The fraction of sp³-hybridized carbons (Fsp3) is 0.0943. The number of nitrogens with one attached hydrogen (secondary N) is 1. The number of rotatable bonds is 8. The molecule has 10 rings (SSSR count). The van der Waals surface area contributed by atoms with Crippen molar-refractivity contribution >= 4 is 38.8 Å². The normalized spacial score (nSPS) is 14.3. The highest BCUT2D eigenvalue weighted by Crippen LogP contribution is 2.53. The molecule has 0 aliphatic heterocycles. The average Bonchev–Trinajstić information content (AvgIpc) is 3.73. The number of fused-ring (bicyclic) bond motifs is 7. The molecule has 1 aliphatic rings. The first-order valence-corrected chi connectivity index (χ1v) is 19.5. The van der Waals surface area contributed by atoms with Crippen LogP contribution in [-0.2, 0) is 5.41 Å². The van der Waals surface area contributed by atoms with Crippen molar-refractivity contribution in [3.8, 4) is 33.4 Å². The molecule has 3 heteroatoms. The summed E-state index contributed by atoms with van der Waals surface area (Å²) in [6.45, 7) is 4.71. The van der Waals surface area contributed by atoms with Crippen molar-refractivity contribution in [2.45, 2.75) is 31.5 Å². The van der Waals surface area contributed by atoms with Gasteiger partial charge in [-0.05, 0) is 102 Å². The second kappa shape index (κ2) is 13.6. The maximum atomic E-state index is 6.93. The van der Waals surface area contributed by atoms with Crippen LogP contribution in [0.3, 0.4) is 0 Å². The number of nitrogens with two attached hydrogens (primary N) is 1. The summed E-state index contributed by atoms with van der Waals surface area (Å²) >= 11 is 0. The number of furan rings is 1. The quantitative estimate of drug-likeness (QED) is 0.154. The first-order chi connectivity index (χ1) is 27.4. The van der Waals surface area contributed by atoms with Crippen molar-refractivity contribution in [1.82, 2.24) is 5.32 Å². The van der Waals surface area contributed by atoms with Gasteiger partial charge in [0.25, 0.3) is 0 Å². The Morgan fingerprint density at radius 3 is 2.05 bits per heavy atom. The second-order valence-electron chi connectivity index (χ2n) is 15.5. The van der Waals surface area contributed by atoms with Gasteiger partial charge in [-0.1, -0.05) is 172 Å². The van der Waals surface area contributed by atoms with Crippen LogP contribution in [0, 0.1) is 0 Å². The Morgan fingerprint density at radius 2 is 1.27 bits per heavy atom. The predicted octanol–water partition coefficient (Wildman–Crippen LogP) is 13.4. The fourth-order valence-electron chi connectivity index (χ4n) is 8.82. The van der Waals surface area contributed by atoms with Gasteiger partial charge in [0.05, 0.1) is 12.2 Å². The summed E-state index contributed by atoms with van der Waals surface area (Å²) in [5.41, 5.74) is 22.0. The molecule has 3 N–H and O–H groups in total. The molecule has 0 saturated heterocycles. The predicted molar refractivity (Wildman–Crippen MR) is 234 cm³/mol. The SMILES string of the molecule is CC1(C)c2cc3ccccc3cc2-c2c(-c3ccc(/C=C/C(NC(N)c4ccccc4)c4cc(-c5ccccc5)cc5oc6ccccc6c45)cc3)cccc21. The highest BCUT2D eigenvalue weighted by atomic mass is 16.3. The zero-order chi connectivity index (χ0) is 37.8. The van der Waals surface area contributed by atoms with Gasteiger partial charge in [-0.2, -0.15) is 0 Å². The Morgan fingerprint density at radius 1 is 0.571 bits per heavy atom. The van der Waals surface area contributed by atoms with E-state index in [-0.39, 0.29) is 11.5 Å². The molecule has 0 bridgehead atoms. The van der Waals surface area contributed by atoms with Gasteiger partial charge in [0.2, 0.25) is 0 Å². The lowest BCUT2D eigenvalue weighted by Crippen LogP contribution is -2.31. The summed E-state index contributed by atoms with van der Waals surface area (Å²) in [6.07, 6.45) is 4.06. The Bertz CT molecular complexity index is 2920. The third kappa shape index (κ3) is 5.84. The first-order valence-electron chi connectivity index (χ1n) is 19.5. The molecule has 1 aromatic heterocycles. The molecule has 0 fully saturated rings. The van der Waals surface area contributed by atoms with E-state index in [4.69, 9.17) is 10.2 Å². The molecule has 2 unspecified atom stereocenters. The molecule has 1 heterocycles. The molecule has 0 spiro atoms. The summed E-state index contributed by atoms with van der Waals surface area (Å²) in [7, 11) is 0.